The topological polar surface area (TPSA) is 127 Å². The fraction of sp³-hybridized carbons (Fsp3) is 0.564. The number of benzene rings is 4. The first-order valence-corrected chi connectivity index (χ1v) is 24.7. The van der Waals surface area contributed by atoms with Crippen LogP contribution in [0.1, 0.15) is 155 Å². The van der Waals surface area contributed by atoms with Crippen LogP contribution in [0.5, 0.6) is 11.5 Å². The first-order valence-electron chi connectivity index (χ1n) is 24.7. The molecule has 0 heterocycles. The molecule has 12 saturated carbocycles. The molecule has 0 radical (unpaired) electrons. The second-order valence-corrected chi connectivity index (χ2v) is 23.9. The van der Waals surface area contributed by atoms with Crippen LogP contribution in [0.15, 0.2) is 66.7 Å². The first-order chi connectivity index (χ1) is 30.4. The van der Waals surface area contributed by atoms with E-state index in [9.17, 15) is 30.4 Å². The summed E-state index contributed by atoms with van der Waals surface area (Å²) in [4.78, 5) is 26.1. The highest BCUT2D eigenvalue weighted by Crippen LogP contribution is 2.68. The van der Waals surface area contributed by atoms with Gasteiger partial charge in [0.1, 0.15) is 0 Å². The zero-order chi connectivity index (χ0) is 42.4. The van der Waals surface area contributed by atoms with E-state index in [0.29, 0.717) is 57.8 Å². The van der Waals surface area contributed by atoms with E-state index in [4.69, 9.17) is 0 Å². The molecule has 0 spiro atoms. The van der Waals surface area contributed by atoms with E-state index in [0.717, 1.165) is 78.5 Å². The molecule has 13 aliphatic rings. The lowest BCUT2D eigenvalue weighted by molar-refractivity contribution is -0.386. The van der Waals surface area contributed by atoms with Crippen molar-refractivity contribution in [3.63, 3.8) is 0 Å². The molecule has 63 heavy (non-hydrogen) atoms. The maximum Gasteiger partial charge on any atom is 0.311 e. The number of phenolic OH excluding ortho intramolecular Hbond substituents is 2. The molecule has 8 heteroatoms. The molecule has 4 aromatic rings. The van der Waals surface area contributed by atoms with Gasteiger partial charge in [-0.3, -0.25) is 20.2 Å². The van der Waals surface area contributed by atoms with Crippen molar-refractivity contribution in [2.75, 3.05) is 0 Å². The van der Waals surface area contributed by atoms with Crippen LogP contribution in [-0.4, -0.2) is 20.1 Å². The summed E-state index contributed by atoms with van der Waals surface area (Å²) in [6.07, 6.45) is 20.2. The summed E-state index contributed by atoms with van der Waals surface area (Å²) in [5, 5.41) is 51.5. The third kappa shape index (κ3) is 5.04. The Labute approximate surface area is 369 Å². The molecule has 0 aliphatic heterocycles. The number of rotatable bonds is 7. The van der Waals surface area contributed by atoms with E-state index in [1.165, 1.54) is 82.6 Å². The molecular formula is C55H58N2O6. The van der Waals surface area contributed by atoms with Crippen molar-refractivity contribution in [1.82, 2.24) is 0 Å². The normalized spacial score (nSPS) is 40.3. The maximum atomic E-state index is 13.4. The third-order valence-electron chi connectivity index (χ3n) is 20.4. The van der Waals surface area contributed by atoms with Crippen LogP contribution in [0.2, 0.25) is 0 Å². The Balaban J connectivity index is 1.08. The molecule has 2 N–H and O–H groups in total. The zero-order valence-electron chi connectivity index (χ0n) is 36.2. The van der Waals surface area contributed by atoms with Gasteiger partial charge >= 0.3 is 11.4 Å². The average molecular weight is 843 g/mol. The molecule has 4 aromatic carbocycles. The number of hydrogen-bond acceptors (Lipinski definition) is 6. The highest BCUT2D eigenvalue weighted by Gasteiger charge is 2.58. The molecule has 17 rings (SSSR count). The Morgan fingerprint density at radius 2 is 0.762 bits per heavy atom. The lowest BCUT2D eigenvalue weighted by Gasteiger charge is -2.57. The van der Waals surface area contributed by atoms with Crippen molar-refractivity contribution in [3.05, 3.63) is 126 Å². The zero-order valence-corrected chi connectivity index (χ0v) is 36.2. The summed E-state index contributed by atoms with van der Waals surface area (Å²) in [7, 11) is 0. The second kappa shape index (κ2) is 12.5. The van der Waals surface area contributed by atoms with E-state index in [-0.39, 0.29) is 39.1 Å². The lowest BCUT2D eigenvalue weighted by atomic mass is 9.47. The van der Waals surface area contributed by atoms with E-state index < -0.39 is 15.3 Å². The van der Waals surface area contributed by atoms with E-state index >= 15 is 0 Å². The maximum absolute atomic E-state index is 13.4. The van der Waals surface area contributed by atoms with Crippen LogP contribution in [0.3, 0.4) is 0 Å². The molecule has 12 fully saturated rings. The number of fused-ring (bicyclic) bond motifs is 3. The fourth-order valence-corrected chi connectivity index (χ4v) is 19.5. The van der Waals surface area contributed by atoms with Gasteiger partial charge in [-0.25, -0.2) is 0 Å². The predicted molar refractivity (Wildman–Crippen MR) is 240 cm³/mol. The van der Waals surface area contributed by atoms with Crippen molar-refractivity contribution in [1.29, 1.82) is 0 Å². The van der Waals surface area contributed by atoms with E-state index in [2.05, 4.69) is 48.5 Å². The monoisotopic (exact) mass is 842 g/mol. The molecule has 0 unspecified atom stereocenters. The van der Waals surface area contributed by atoms with Gasteiger partial charge in [-0.2, -0.15) is 0 Å². The lowest BCUT2D eigenvalue weighted by Crippen LogP contribution is -2.49. The van der Waals surface area contributed by atoms with Crippen molar-refractivity contribution >= 4 is 11.4 Å². The second-order valence-electron chi connectivity index (χ2n) is 23.9. The Bertz CT molecular complexity index is 2480. The van der Waals surface area contributed by atoms with Crippen molar-refractivity contribution in [2.24, 2.45) is 53.3 Å². The minimum atomic E-state index is -1.20. The molecule has 0 aromatic heterocycles. The average Bonchev–Trinajstić information content (AvgIpc) is 3.52. The van der Waals surface area contributed by atoms with Crippen molar-refractivity contribution in [3.8, 4) is 22.6 Å². The van der Waals surface area contributed by atoms with Gasteiger partial charge in [0.05, 0.1) is 15.3 Å². The summed E-state index contributed by atoms with van der Waals surface area (Å²) in [6, 6.07) is 23.1. The molecule has 324 valence electrons. The van der Waals surface area contributed by atoms with E-state index in [1.54, 1.807) is 12.1 Å². The minimum Gasteiger partial charge on any atom is -0.502 e. The van der Waals surface area contributed by atoms with Gasteiger partial charge in [0, 0.05) is 34.1 Å². The fourth-order valence-electron chi connectivity index (χ4n) is 19.5. The van der Waals surface area contributed by atoms with Gasteiger partial charge in [0.2, 0.25) is 0 Å². The largest absolute Gasteiger partial charge is 0.502 e. The Kier molecular flexibility index (Phi) is 7.49. The van der Waals surface area contributed by atoms with Crippen LogP contribution in [-0.2, 0) is 21.7 Å². The van der Waals surface area contributed by atoms with Gasteiger partial charge < -0.3 is 10.2 Å². The Morgan fingerprint density at radius 3 is 1.16 bits per heavy atom. The van der Waals surface area contributed by atoms with Crippen molar-refractivity contribution in [2.45, 2.75) is 137 Å². The minimum absolute atomic E-state index is 0.0565. The molecular weight excluding hydrogens is 785 g/mol. The molecule has 0 saturated heterocycles. The highest BCUT2D eigenvalue weighted by atomic mass is 16.6. The van der Waals surface area contributed by atoms with Gasteiger partial charge in [-0.15, -0.1) is 0 Å². The summed E-state index contributed by atoms with van der Waals surface area (Å²) < 4.78 is 0. The summed E-state index contributed by atoms with van der Waals surface area (Å²) in [6.45, 7) is 0. The predicted octanol–water partition coefficient (Wildman–Crippen LogP) is 12.7. The molecule has 12 bridgehead atoms. The summed E-state index contributed by atoms with van der Waals surface area (Å²) >= 11 is 0. The molecule has 0 amide bonds. The Hall–Kier alpha value is -4.72. The van der Waals surface area contributed by atoms with Crippen molar-refractivity contribution < 1.29 is 20.1 Å². The highest BCUT2D eigenvalue weighted by molar-refractivity contribution is 5.88. The SMILES string of the molecule is O=[N+]([O-])c1cc(C2(c3cc([N+](=O)[O-])c(O)c(C45CC6CC(CC(C6)C4)C5)c3)c3ccccc3-c3ccc(C45CC6CC(CC(C6)C4)C5)cc32)cc(C23CC4CC(CC(C4)C2)C3)c1O. The van der Waals surface area contributed by atoms with Gasteiger partial charge in [-0.1, -0.05) is 42.5 Å². The molecule has 8 nitrogen and oxygen atoms in total. The van der Waals surface area contributed by atoms with Crippen LogP contribution >= 0.6 is 0 Å². The van der Waals surface area contributed by atoms with Crippen LogP contribution < -0.4 is 0 Å². The standard InChI is InChI=1S/C55H58N2O6/c58-50-46(53-24-33-10-34(25-53)12-35(11-33)26-53)17-40(19-48(50)56(60)61)55(41-18-47(51(59)49(20-41)57(62)63)54-27-36-13-37(28-54)15-38(14-36)29-54)44-4-2-1-3-42(44)43-6-5-39(16-45(43)55)52-21-30-7-31(22-52)9-32(8-30)23-52/h1-6,16-20,30-38,58-59H,7-15,21-29H2. The van der Waals surface area contributed by atoms with Gasteiger partial charge in [-0.05, 0) is 225 Å². The smallest absolute Gasteiger partial charge is 0.311 e. The summed E-state index contributed by atoms with van der Waals surface area (Å²) in [5.41, 5.74) is 5.74. The number of hydrogen-bond donors (Lipinski definition) is 2. The quantitative estimate of drug-likeness (QED) is 0.124. The number of nitro groups is 2. The van der Waals surface area contributed by atoms with Gasteiger partial charge in [0.15, 0.2) is 11.5 Å². The Morgan fingerprint density at radius 1 is 0.413 bits per heavy atom. The molecule has 0 atom stereocenters. The number of phenols is 2. The van der Waals surface area contributed by atoms with Gasteiger partial charge in [0.25, 0.3) is 0 Å². The molecule has 13 aliphatic carbocycles. The number of nitro benzene ring substituents is 2. The summed E-state index contributed by atoms with van der Waals surface area (Å²) in [5.74, 6) is 5.07. The van der Waals surface area contributed by atoms with Crippen LogP contribution in [0.4, 0.5) is 11.4 Å². The van der Waals surface area contributed by atoms with E-state index in [1.807, 2.05) is 6.07 Å². The third-order valence-corrected chi connectivity index (χ3v) is 20.4. The number of aromatic hydroxyl groups is 2. The van der Waals surface area contributed by atoms with Crippen LogP contribution in [0.25, 0.3) is 11.1 Å². The number of nitrogens with zero attached hydrogens (tertiary/aromatic N) is 2. The first kappa shape index (κ1) is 37.6. The van der Waals surface area contributed by atoms with Crippen LogP contribution in [0, 0.1) is 73.5 Å².